The summed E-state index contributed by atoms with van der Waals surface area (Å²) in [5.74, 6) is -0.302. The van der Waals surface area contributed by atoms with Gasteiger partial charge in [0.15, 0.2) is 11.5 Å². The van der Waals surface area contributed by atoms with E-state index < -0.39 is 6.43 Å². The summed E-state index contributed by atoms with van der Waals surface area (Å²) in [4.78, 5) is 9.43. The molecule has 1 saturated heterocycles. The number of benzene rings is 1. The second kappa shape index (κ2) is 9.18. The molecule has 29 heavy (non-hydrogen) atoms. The number of halogens is 4. The predicted molar refractivity (Wildman–Crippen MR) is 125 cm³/mol. The van der Waals surface area contributed by atoms with Crippen molar-refractivity contribution < 1.29 is 13.5 Å². The van der Waals surface area contributed by atoms with Gasteiger partial charge in [-0.15, -0.1) is 11.8 Å². The lowest BCUT2D eigenvalue weighted by atomic mass is 10.1. The van der Waals surface area contributed by atoms with Crippen LogP contribution in [0.1, 0.15) is 36.8 Å². The second-order valence-corrected chi connectivity index (χ2v) is 9.74. The van der Waals surface area contributed by atoms with E-state index in [0.29, 0.717) is 16.9 Å². The van der Waals surface area contributed by atoms with E-state index in [2.05, 4.69) is 21.4 Å². The van der Waals surface area contributed by atoms with Gasteiger partial charge in [-0.3, -0.25) is 4.34 Å². The van der Waals surface area contributed by atoms with Crippen molar-refractivity contribution in [1.82, 2.24) is 14.3 Å². The van der Waals surface area contributed by atoms with Crippen molar-refractivity contribution in [2.24, 2.45) is 0 Å². The second-order valence-electron chi connectivity index (χ2n) is 6.44. The highest BCUT2D eigenvalue weighted by atomic mass is 127. The molecule has 3 heterocycles. The monoisotopic (exact) mass is 568 g/mol. The molecule has 1 aromatic carbocycles. The summed E-state index contributed by atoms with van der Waals surface area (Å²) in [5, 5.41) is 3.54. The molecule has 0 saturated carbocycles. The van der Waals surface area contributed by atoms with E-state index in [9.17, 15) is 8.78 Å². The fourth-order valence-corrected chi connectivity index (χ4v) is 6.03. The molecule has 2 atom stereocenters. The summed E-state index contributed by atoms with van der Waals surface area (Å²) in [6.45, 7) is 0.791. The third kappa shape index (κ3) is 4.35. The quantitative estimate of drug-likeness (QED) is 0.148. The third-order valence-corrected chi connectivity index (χ3v) is 7.71. The zero-order chi connectivity index (χ0) is 20.5. The van der Waals surface area contributed by atoms with Crippen LogP contribution in [0, 0.1) is 0 Å². The van der Waals surface area contributed by atoms with E-state index in [0.717, 1.165) is 35.6 Å². The summed E-state index contributed by atoms with van der Waals surface area (Å²) < 4.78 is 34.1. The van der Waals surface area contributed by atoms with Crippen LogP contribution < -0.4 is 5.32 Å². The Balaban J connectivity index is 1.75. The largest absolute Gasteiger partial charge is 0.374 e. The Labute approximate surface area is 190 Å². The molecule has 1 fully saturated rings. The zero-order valence-corrected chi connectivity index (χ0v) is 20.0. The highest BCUT2D eigenvalue weighted by Gasteiger charge is 2.23. The molecular formula is C18H17ClF2IN4OPS. The number of anilines is 2. The van der Waals surface area contributed by atoms with Crippen LogP contribution in [-0.2, 0) is 4.74 Å². The number of rotatable bonds is 6. The van der Waals surface area contributed by atoms with Gasteiger partial charge in [-0.1, -0.05) is 17.7 Å². The van der Waals surface area contributed by atoms with Gasteiger partial charge in [0.25, 0.3) is 6.43 Å². The van der Waals surface area contributed by atoms with Crippen LogP contribution in [0.15, 0.2) is 29.2 Å². The van der Waals surface area contributed by atoms with Gasteiger partial charge in [0.05, 0.1) is 23.9 Å². The molecule has 4 rings (SSSR count). The first-order chi connectivity index (χ1) is 14.0. The van der Waals surface area contributed by atoms with Gasteiger partial charge in [-0.2, -0.15) is 0 Å². The Morgan fingerprint density at radius 3 is 2.83 bits per heavy atom. The number of alkyl halides is 2. The van der Waals surface area contributed by atoms with Crippen LogP contribution in [0.5, 0.6) is 0 Å². The van der Waals surface area contributed by atoms with Crippen LogP contribution >= 0.6 is 51.8 Å². The maximum Gasteiger partial charge on any atom is 0.295 e. The van der Waals surface area contributed by atoms with Crippen molar-refractivity contribution in [3.05, 3.63) is 40.8 Å². The lowest BCUT2D eigenvalue weighted by molar-refractivity contribution is 0.112. The number of ether oxygens (including phenoxy) is 1. The zero-order valence-electron chi connectivity index (χ0n) is 15.3. The van der Waals surface area contributed by atoms with Gasteiger partial charge in [0.1, 0.15) is 10.7 Å². The molecule has 2 aromatic heterocycles. The lowest BCUT2D eigenvalue weighted by Crippen LogP contribution is -1.99. The molecule has 2 unspecified atom stereocenters. The summed E-state index contributed by atoms with van der Waals surface area (Å²) >= 11 is 9.83. The molecule has 0 spiro atoms. The number of fused-ring (bicyclic) bond motifs is 1. The Bertz CT molecular complexity index is 1050. The van der Waals surface area contributed by atoms with E-state index in [1.165, 1.54) is 4.34 Å². The summed E-state index contributed by atoms with van der Waals surface area (Å²) in [6.07, 6.45) is 1.56. The molecule has 1 aliphatic rings. The number of aromatic nitrogens is 3. The fraction of sp³-hybridized carbons (Fsp3) is 0.333. The van der Waals surface area contributed by atoms with Crippen molar-refractivity contribution in [2.75, 3.05) is 18.2 Å². The average molecular weight is 569 g/mol. The smallest absolute Gasteiger partial charge is 0.295 e. The number of nitrogens with zero attached hydrogens (tertiary/aromatic N) is 3. The maximum absolute atomic E-state index is 13.4. The van der Waals surface area contributed by atoms with Gasteiger partial charge >= 0.3 is 0 Å². The van der Waals surface area contributed by atoms with Gasteiger partial charge in [0.2, 0.25) is 0 Å². The summed E-state index contributed by atoms with van der Waals surface area (Å²) in [6, 6.07) is 7.74. The molecule has 1 aliphatic heterocycles. The Kier molecular flexibility index (Phi) is 6.80. The number of hydrogen-bond acceptors (Lipinski definition) is 5. The normalized spacial score (nSPS) is 17.2. The summed E-state index contributed by atoms with van der Waals surface area (Å²) in [7, 11) is 0. The topological polar surface area (TPSA) is 52.0 Å². The number of thioether (sulfide) groups is 1. The van der Waals surface area contributed by atoms with Crippen LogP contribution in [-0.4, -0.2) is 27.2 Å². The van der Waals surface area contributed by atoms with Crippen LogP contribution in [0.3, 0.4) is 0 Å². The maximum atomic E-state index is 13.4. The first-order valence-electron chi connectivity index (χ1n) is 8.82. The molecule has 5 nitrogen and oxygen atoms in total. The van der Waals surface area contributed by atoms with Crippen molar-refractivity contribution in [2.45, 2.75) is 30.3 Å². The molecule has 0 bridgehead atoms. The molecular weight excluding hydrogens is 552 g/mol. The van der Waals surface area contributed by atoms with Crippen molar-refractivity contribution >= 4 is 74.3 Å². The first-order valence-corrected chi connectivity index (χ1v) is 14.5. The number of hydrogen-bond donors (Lipinski definition) is 1. The first kappa shape index (κ1) is 21.5. The minimum Gasteiger partial charge on any atom is -0.374 e. The van der Waals surface area contributed by atoms with E-state index in [1.807, 2.05) is 40.4 Å². The van der Waals surface area contributed by atoms with E-state index in [1.54, 1.807) is 17.8 Å². The average Bonchev–Trinajstić information content (AvgIpc) is 3.36. The van der Waals surface area contributed by atoms with Gasteiger partial charge in [0, 0.05) is 17.6 Å². The molecule has 0 aliphatic carbocycles. The summed E-state index contributed by atoms with van der Waals surface area (Å²) in [5.41, 5.74) is 3.28. The van der Waals surface area contributed by atoms with Gasteiger partial charge in [-0.25, -0.2) is 18.7 Å². The minimum atomic E-state index is -2.69. The molecule has 0 amide bonds. The standard InChI is InChI=1S/C18H17ClF2IN4OPS/c1-29-13-7-9(12-3-2-6-27-12)4-5-10(13)23-11-8-14(19)24-17-15(11)25-18(16(20)21)26(17)28-22/h4-5,7-8,12,16,28H,2-3,6H2,1H3,(H,23,24). The Morgan fingerprint density at radius 2 is 2.17 bits per heavy atom. The predicted octanol–water partition coefficient (Wildman–Crippen LogP) is 7.13. The number of pyridine rings is 1. The van der Waals surface area contributed by atoms with Crippen molar-refractivity contribution in [1.29, 1.82) is 0 Å². The molecule has 0 radical (unpaired) electrons. The molecule has 11 heteroatoms. The SMILES string of the molecule is CSc1cc(C2CCCO2)ccc1Nc1cc(Cl)nc2c1nc(C(F)F)n2PI. The highest BCUT2D eigenvalue weighted by Crippen LogP contribution is 2.40. The lowest BCUT2D eigenvalue weighted by Gasteiger charge is -2.15. The van der Waals surface area contributed by atoms with Gasteiger partial charge < -0.3 is 10.1 Å². The molecule has 1 N–H and O–H groups in total. The van der Waals surface area contributed by atoms with E-state index in [4.69, 9.17) is 16.3 Å². The Hall–Kier alpha value is -0.740. The van der Waals surface area contributed by atoms with Crippen LogP contribution in [0.4, 0.5) is 20.2 Å². The number of nitrogens with one attached hydrogen (secondary N) is 1. The van der Waals surface area contributed by atoms with Crippen LogP contribution in [0.2, 0.25) is 5.15 Å². The van der Waals surface area contributed by atoms with Crippen molar-refractivity contribution in [3.8, 4) is 0 Å². The van der Waals surface area contributed by atoms with Crippen LogP contribution in [0.25, 0.3) is 11.2 Å². The fourth-order valence-electron chi connectivity index (χ4n) is 3.36. The van der Waals surface area contributed by atoms with E-state index >= 15 is 0 Å². The highest BCUT2D eigenvalue weighted by molar-refractivity contribution is 14.2. The third-order valence-electron chi connectivity index (χ3n) is 4.69. The van der Waals surface area contributed by atoms with E-state index in [-0.39, 0.29) is 23.5 Å². The molecule has 154 valence electrons. The molecule has 3 aromatic rings. The van der Waals surface area contributed by atoms with Crippen molar-refractivity contribution in [3.63, 3.8) is 0 Å². The van der Waals surface area contributed by atoms with Gasteiger partial charge in [-0.05, 0) is 58.8 Å². The minimum absolute atomic E-state index is 0.0364. The number of imidazole rings is 1. The Morgan fingerprint density at radius 1 is 1.34 bits per heavy atom.